The number of aromatic hydroxyl groups is 1. The van der Waals surface area contributed by atoms with E-state index in [0.717, 1.165) is 27.0 Å². The number of phenols is 1. The number of aromatic nitrogens is 2. The number of hydrogen-bond acceptors (Lipinski definition) is 7. The first-order valence-electron chi connectivity index (χ1n) is 7.65. The molecule has 0 bridgehead atoms. The molecule has 0 atom stereocenters. The summed E-state index contributed by atoms with van der Waals surface area (Å²) in [6, 6.07) is 13.1. The highest BCUT2D eigenvalue weighted by Crippen LogP contribution is 2.38. The van der Waals surface area contributed by atoms with Gasteiger partial charge in [0.2, 0.25) is 0 Å². The summed E-state index contributed by atoms with van der Waals surface area (Å²) in [6.07, 6.45) is 1.47. The molecule has 128 valence electrons. The number of nitro benzene ring substituents is 1. The van der Waals surface area contributed by atoms with Crippen LogP contribution in [0.2, 0.25) is 0 Å². The van der Waals surface area contributed by atoms with Gasteiger partial charge < -0.3 is 10.4 Å². The molecule has 0 aliphatic rings. The number of anilines is 2. The zero-order valence-corrected chi connectivity index (χ0v) is 14.1. The number of benzene rings is 2. The first-order chi connectivity index (χ1) is 12.6. The quantitative estimate of drug-likeness (QED) is 0.309. The van der Waals surface area contributed by atoms with Crippen molar-refractivity contribution in [1.29, 1.82) is 0 Å². The van der Waals surface area contributed by atoms with Gasteiger partial charge in [0.15, 0.2) is 0 Å². The fraction of sp³-hybridized carbons (Fsp3) is 0. The average molecular weight is 364 g/mol. The highest BCUT2D eigenvalue weighted by Gasteiger charge is 2.15. The van der Waals surface area contributed by atoms with Crippen LogP contribution < -0.4 is 5.32 Å². The van der Waals surface area contributed by atoms with Crippen molar-refractivity contribution in [3.8, 4) is 16.9 Å². The Balaban J connectivity index is 1.83. The summed E-state index contributed by atoms with van der Waals surface area (Å²) in [5, 5.41) is 26.4. The molecule has 0 saturated heterocycles. The van der Waals surface area contributed by atoms with E-state index < -0.39 is 4.92 Å². The van der Waals surface area contributed by atoms with E-state index in [-0.39, 0.29) is 11.4 Å². The van der Waals surface area contributed by atoms with Gasteiger partial charge in [-0.1, -0.05) is 12.1 Å². The summed E-state index contributed by atoms with van der Waals surface area (Å²) in [6.45, 7) is 0. The standard InChI is InChI=1S/C18H12N4O3S/c23-14-6-4-12(5-7-14)21-17-16-15(9-26-18(16)20-10-19-17)11-2-1-3-13(8-11)22(24)25/h1-10,23H,(H,19,20,21). The summed E-state index contributed by atoms with van der Waals surface area (Å²) in [5.41, 5.74) is 2.36. The lowest BCUT2D eigenvalue weighted by atomic mass is 10.1. The minimum Gasteiger partial charge on any atom is -0.508 e. The number of thiophene rings is 1. The lowest BCUT2D eigenvalue weighted by Crippen LogP contribution is -1.95. The van der Waals surface area contributed by atoms with Crippen molar-refractivity contribution < 1.29 is 10.0 Å². The van der Waals surface area contributed by atoms with E-state index in [9.17, 15) is 15.2 Å². The topological polar surface area (TPSA) is 101 Å². The highest BCUT2D eigenvalue weighted by atomic mass is 32.1. The Morgan fingerprint density at radius 2 is 1.92 bits per heavy atom. The molecule has 0 radical (unpaired) electrons. The maximum absolute atomic E-state index is 11.1. The van der Waals surface area contributed by atoms with E-state index in [2.05, 4.69) is 15.3 Å². The molecular weight excluding hydrogens is 352 g/mol. The first kappa shape index (κ1) is 16.0. The largest absolute Gasteiger partial charge is 0.508 e. The van der Waals surface area contributed by atoms with Gasteiger partial charge in [0, 0.05) is 28.8 Å². The van der Waals surface area contributed by atoms with Crippen LogP contribution in [0.25, 0.3) is 21.3 Å². The van der Waals surface area contributed by atoms with E-state index >= 15 is 0 Å². The zero-order chi connectivity index (χ0) is 18.1. The minimum atomic E-state index is -0.413. The van der Waals surface area contributed by atoms with Crippen LogP contribution in [0, 0.1) is 10.1 Å². The average Bonchev–Trinajstić information content (AvgIpc) is 3.09. The molecule has 2 aromatic carbocycles. The zero-order valence-electron chi connectivity index (χ0n) is 13.3. The van der Waals surface area contributed by atoms with Gasteiger partial charge in [0.1, 0.15) is 22.7 Å². The maximum Gasteiger partial charge on any atom is 0.270 e. The molecule has 0 aliphatic heterocycles. The lowest BCUT2D eigenvalue weighted by Gasteiger charge is -2.08. The Morgan fingerprint density at radius 1 is 1.12 bits per heavy atom. The molecule has 7 nitrogen and oxygen atoms in total. The molecular formula is C18H12N4O3S. The van der Waals surface area contributed by atoms with Crippen LogP contribution in [0.3, 0.4) is 0 Å². The summed E-state index contributed by atoms with van der Waals surface area (Å²) < 4.78 is 0. The number of phenolic OH excluding ortho intramolecular Hbond substituents is 1. The van der Waals surface area contributed by atoms with Crippen LogP contribution in [0.1, 0.15) is 0 Å². The van der Waals surface area contributed by atoms with Gasteiger partial charge >= 0.3 is 0 Å². The fourth-order valence-electron chi connectivity index (χ4n) is 2.65. The summed E-state index contributed by atoms with van der Waals surface area (Å²) >= 11 is 1.45. The molecule has 2 N–H and O–H groups in total. The van der Waals surface area contributed by atoms with Crippen LogP contribution in [-0.4, -0.2) is 20.0 Å². The van der Waals surface area contributed by atoms with E-state index in [0.29, 0.717) is 5.82 Å². The Hall–Kier alpha value is -3.52. The van der Waals surface area contributed by atoms with Gasteiger partial charge in [-0.3, -0.25) is 10.1 Å². The summed E-state index contributed by atoms with van der Waals surface area (Å²) in [7, 11) is 0. The molecule has 0 aliphatic carbocycles. The van der Waals surface area contributed by atoms with Gasteiger partial charge in [0.05, 0.1) is 10.3 Å². The van der Waals surface area contributed by atoms with Crippen molar-refractivity contribution in [2.45, 2.75) is 0 Å². The number of fused-ring (bicyclic) bond motifs is 1. The molecule has 4 aromatic rings. The number of nitrogens with one attached hydrogen (secondary N) is 1. The second kappa shape index (κ2) is 6.41. The molecule has 0 fully saturated rings. The van der Waals surface area contributed by atoms with Gasteiger partial charge in [-0.25, -0.2) is 9.97 Å². The number of hydrogen-bond donors (Lipinski definition) is 2. The first-order valence-corrected chi connectivity index (χ1v) is 8.53. The second-order valence-electron chi connectivity index (χ2n) is 5.53. The van der Waals surface area contributed by atoms with Crippen LogP contribution >= 0.6 is 11.3 Å². The molecule has 0 saturated carbocycles. The third kappa shape index (κ3) is 2.93. The van der Waals surface area contributed by atoms with Crippen molar-refractivity contribution in [2.75, 3.05) is 5.32 Å². The summed E-state index contributed by atoms with van der Waals surface area (Å²) in [5.74, 6) is 0.777. The smallest absolute Gasteiger partial charge is 0.270 e. The normalized spacial score (nSPS) is 10.8. The van der Waals surface area contributed by atoms with Crippen LogP contribution in [0.15, 0.2) is 60.2 Å². The Kier molecular flexibility index (Phi) is 3.94. The summed E-state index contributed by atoms with van der Waals surface area (Å²) in [4.78, 5) is 20.1. The van der Waals surface area contributed by atoms with Gasteiger partial charge in [0.25, 0.3) is 5.69 Å². The van der Waals surface area contributed by atoms with Gasteiger partial charge in [-0.2, -0.15) is 0 Å². The maximum atomic E-state index is 11.1. The number of nitrogens with zero attached hydrogens (tertiary/aromatic N) is 3. The van der Waals surface area contributed by atoms with Crippen LogP contribution in [0.5, 0.6) is 5.75 Å². The molecule has 0 amide bonds. The van der Waals surface area contributed by atoms with E-state index in [1.807, 2.05) is 11.4 Å². The lowest BCUT2D eigenvalue weighted by molar-refractivity contribution is -0.384. The molecule has 8 heteroatoms. The SMILES string of the molecule is O=[N+]([O-])c1cccc(-c2csc3ncnc(Nc4ccc(O)cc4)c23)c1. The van der Waals surface area contributed by atoms with Crippen molar-refractivity contribution in [1.82, 2.24) is 9.97 Å². The number of nitro groups is 1. The Labute approximate surface area is 151 Å². The van der Waals surface area contributed by atoms with Gasteiger partial charge in [-0.15, -0.1) is 11.3 Å². The predicted molar refractivity (Wildman–Crippen MR) is 101 cm³/mol. The predicted octanol–water partition coefficient (Wildman–Crippen LogP) is 4.72. The van der Waals surface area contributed by atoms with Crippen LogP contribution in [-0.2, 0) is 0 Å². The van der Waals surface area contributed by atoms with E-state index in [4.69, 9.17) is 0 Å². The van der Waals surface area contributed by atoms with Crippen molar-refractivity contribution >= 4 is 38.7 Å². The number of rotatable bonds is 4. The Morgan fingerprint density at radius 3 is 2.69 bits per heavy atom. The molecule has 26 heavy (non-hydrogen) atoms. The van der Waals surface area contributed by atoms with Crippen molar-refractivity contribution in [3.05, 3.63) is 70.4 Å². The van der Waals surface area contributed by atoms with Gasteiger partial charge in [-0.05, 0) is 29.8 Å². The number of non-ortho nitro benzene ring substituents is 1. The third-order valence-electron chi connectivity index (χ3n) is 3.87. The van der Waals surface area contributed by atoms with Crippen LogP contribution in [0.4, 0.5) is 17.2 Å². The van der Waals surface area contributed by atoms with Crippen molar-refractivity contribution in [2.24, 2.45) is 0 Å². The molecule has 4 rings (SSSR count). The highest BCUT2D eigenvalue weighted by molar-refractivity contribution is 7.17. The molecule has 0 unspecified atom stereocenters. The third-order valence-corrected chi connectivity index (χ3v) is 4.75. The second-order valence-corrected chi connectivity index (χ2v) is 6.39. The molecule has 2 aromatic heterocycles. The molecule has 2 heterocycles. The van der Waals surface area contributed by atoms with Crippen molar-refractivity contribution in [3.63, 3.8) is 0 Å². The van der Waals surface area contributed by atoms with E-state index in [1.165, 1.54) is 23.7 Å². The van der Waals surface area contributed by atoms with E-state index in [1.54, 1.807) is 36.4 Å². The Bertz CT molecular complexity index is 1110. The monoisotopic (exact) mass is 364 g/mol. The fourth-order valence-corrected chi connectivity index (χ4v) is 3.57. The molecule has 0 spiro atoms. The minimum absolute atomic E-state index is 0.0340.